The fourth-order valence-electron chi connectivity index (χ4n) is 2.33. The summed E-state index contributed by atoms with van der Waals surface area (Å²) in [5.74, 6) is -0.750. The second-order valence-electron chi connectivity index (χ2n) is 5.44. The number of aryl methyl sites for hydroxylation is 1. The molecule has 1 amide bonds. The van der Waals surface area contributed by atoms with Crippen molar-refractivity contribution in [2.45, 2.75) is 20.0 Å². The van der Waals surface area contributed by atoms with E-state index in [1.807, 2.05) is 6.07 Å². The van der Waals surface area contributed by atoms with Crippen LogP contribution in [0.25, 0.3) is 5.69 Å². The van der Waals surface area contributed by atoms with E-state index in [9.17, 15) is 22.8 Å². The van der Waals surface area contributed by atoms with Gasteiger partial charge in [0.2, 0.25) is 5.43 Å². The summed E-state index contributed by atoms with van der Waals surface area (Å²) in [5.41, 5.74) is -1.65. The average molecular weight is 364 g/mol. The molecule has 0 spiro atoms. The molecule has 0 radical (unpaired) electrons. The van der Waals surface area contributed by atoms with Crippen LogP contribution in [0.2, 0.25) is 0 Å². The molecular formula is C17H15F3N4O2. The number of carbonyl (C=O) groups excluding carboxylic acids is 1. The van der Waals surface area contributed by atoms with Gasteiger partial charge in [-0.1, -0.05) is 6.07 Å². The summed E-state index contributed by atoms with van der Waals surface area (Å²) in [7, 11) is 0. The van der Waals surface area contributed by atoms with E-state index in [0.717, 1.165) is 27.8 Å². The lowest BCUT2D eigenvalue weighted by atomic mass is 10.2. The van der Waals surface area contributed by atoms with Gasteiger partial charge < -0.3 is 4.90 Å². The van der Waals surface area contributed by atoms with E-state index in [4.69, 9.17) is 5.26 Å². The number of carbonyl (C=O) groups is 1. The normalized spacial score (nSPS) is 11.1. The molecule has 0 saturated carbocycles. The first kappa shape index (κ1) is 19.2. The lowest BCUT2D eigenvalue weighted by Crippen LogP contribution is -2.36. The lowest BCUT2D eigenvalue weighted by Gasteiger charge is -2.18. The van der Waals surface area contributed by atoms with Crippen molar-refractivity contribution in [2.24, 2.45) is 0 Å². The zero-order chi connectivity index (χ0) is 19.5. The Morgan fingerprint density at radius 3 is 2.62 bits per heavy atom. The molecule has 6 nitrogen and oxygen atoms in total. The van der Waals surface area contributed by atoms with E-state index in [2.05, 4.69) is 5.10 Å². The van der Waals surface area contributed by atoms with E-state index >= 15 is 0 Å². The maximum absolute atomic E-state index is 12.9. The van der Waals surface area contributed by atoms with Gasteiger partial charge in [0.1, 0.15) is 6.54 Å². The van der Waals surface area contributed by atoms with Gasteiger partial charge in [-0.25, -0.2) is 4.68 Å². The number of rotatable bonds is 4. The molecule has 0 N–H and O–H groups in total. The lowest BCUT2D eigenvalue weighted by molar-refractivity contribution is -0.137. The van der Waals surface area contributed by atoms with Gasteiger partial charge in [0.05, 0.1) is 17.3 Å². The Morgan fingerprint density at radius 1 is 1.35 bits per heavy atom. The minimum atomic E-state index is -4.53. The molecule has 1 heterocycles. The molecule has 1 aromatic carbocycles. The standard InChI is InChI=1S/C17H15F3N4O2/c1-3-23(8-7-21)16(26)15-14(25)9-11(2)24(22-15)13-6-4-5-12(10-13)17(18,19)20/h4-6,9-10H,3,8H2,1-2H3. The number of benzene rings is 1. The number of nitriles is 1. The van der Waals surface area contributed by atoms with Gasteiger partial charge in [-0.3, -0.25) is 9.59 Å². The molecule has 9 heteroatoms. The summed E-state index contributed by atoms with van der Waals surface area (Å²) in [6, 6.07) is 7.34. The highest BCUT2D eigenvalue weighted by Crippen LogP contribution is 2.30. The van der Waals surface area contributed by atoms with Gasteiger partial charge in [0.25, 0.3) is 5.91 Å². The van der Waals surface area contributed by atoms with Crippen LogP contribution in [0.4, 0.5) is 13.2 Å². The summed E-state index contributed by atoms with van der Waals surface area (Å²) in [5, 5.41) is 12.7. The topological polar surface area (TPSA) is 79.0 Å². The molecule has 26 heavy (non-hydrogen) atoms. The second-order valence-corrected chi connectivity index (χ2v) is 5.44. The Balaban J connectivity index is 2.58. The second kappa shape index (κ2) is 7.39. The fourth-order valence-corrected chi connectivity index (χ4v) is 2.33. The zero-order valence-electron chi connectivity index (χ0n) is 14.0. The molecule has 0 unspecified atom stereocenters. The first-order valence-corrected chi connectivity index (χ1v) is 7.64. The van der Waals surface area contributed by atoms with Crippen LogP contribution in [0.3, 0.4) is 0 Å². The zero-order valence-corrected chi connectivity index (χ0v) is 14.0. The Labute approximate surface area is 147 Å². The Bertz CT molecular complexity index is 929. The summed E-state index contributed by atoms with van der Waals surface area (Å²) in [4.78, 5) is 25.7. The Kier molecular flexibility index (Phi) is 5.45. The van der Waals surface area contributed by atoms with Gasteiger partial charge in [0, 0.05) is 18.3 Å². The fraction of sp³-hybridized carbons (Fsp3) is 0.294. The van der Waals surface area contributed by atoms with Crippen LogP contribution >= 0.6 is 0 Å². The van der Waals surface area contributed by atoms with Gasteiger partial charge in [0.15, 0.2) is 5.69 Å². The number of amides is 1. The molecule has 0 fully saturated rings. The van der Waals surface area contributed by atoms with Crippen molar-refractivity contribution < 1.29 is 18.0 Å². The van der Waals surface area contributed by atoms with Gasteiger partial charge >= 0.3 is 6.18 Å². The van der Waals surface area contributed by atoms with Crippen molar-refractivity contribution in [3.63, 3.8) is 0 Å². The van der Waals surface area contributed by atoms with Crippen LogP contribution in [0, 0.1) is 18.3 Å². The van der Waals surface area contributed by atoms with Crippen LogP contribution in [-0.2, 0) is 6.18 Å². The molecule has 2 rings (SSSR count). The molecule has 0 aliphatic carbocycles. The Hall–Kier alpha value is -3.15. The number of alkyl halides is 3. The highest BCUT2D eigenvalue weighted by molar-refractivity contribution is 5.92. The molecule has 136 valence electrons. The molecular weight excluding hydrogens is 349 g/mol. The predicted octanol–water partition coefficient (Wildman–Crippen LogP) is 2.55. The SMILES string of the molecule is CCN(CC#N)C(=O)c1nn(-c2cccc(C(F)(F)F)c2)c(C)cc1=O. The van der Waals surface area contributed by atoms with Gasteiger partial charge in [-0.15, -0.1) is 0 Å². The molecule has 1 aromatic heterocycles. The number of hydrogen-bond donors (Lipinski definition) is 0. The summed E-state index contributed by atoms with van der Waals surface area (Å²) < 4.78 is 39.9. The average Bonchev–Trinajstić information content (AvgIpc) is 2.58. The molecule has 0 saturated heterocycles. The smallest absolute Gasteiger partial charge is 0.324 e. The van der Waals surface area contributed by atoms with Gasteiger partial charge in [-0.2, -0.15) is 23.5 Å². The van der Waals surface area contributed by atoms with Crippen LogP contribution in [0.15, 0.2) is 35.1 Å². The van der Waals surface area contributed by atoms with E-state index in [1.165, 1.54) is 19.1 Å². The third kappa shape index (κ3) is 3.91. The maximum atomic E-state index is 12.9. The van der Waals surface area contributed by atoms with Crippen molar-refractivity contribution >= 4 is 5.91 Å². The minimum absolute atomic E-state index is 0.0645. The first-order chi connectivity index (χ1) is 12.2. The third-order valence-corrected chi connectivity index (χ3v) is 3.66. The highest BCUT2D eigenvalue weighted by atomic mass is 19.4. The largest absolute Gasteiger partial charge is 0.416 e. The molecule has 0 atom stereocenters. The molecule has 0 aliphatic heterocycles. The molecule has 0 bridgehead atoms. The predicted molar refractivity (Wildman–Crippen MR) is 86.8 cm³/mol. The van der Waals surface area contributed by atoms with E-state index in [0.29, 0.717) is 0 Å². The van der Waals surface area contributed by atoms with Crippen LogP contribution in [0.5, 0.6) is 0 Å². The van der Waals surface area contributed by atoms with E-state index < -0.39 is 28.8 Å². The number of aromatic nitrogens is 2. The van der Waals surface area contributed by atoms with Crippen molar-refractivity contribution in [1.29, 1.82) is 5.26 Å². The quantitative estimate of drug-likeness (QED) is 0.781. The third-order valence-electron chi connectivity index (χ3n) is 3.66. The monoisotopic (exact) mass is 364 g/mol. The van der Waals surface area contributed by atoms with Crippen molar-refractivity contribution in [3.8, 4) is 11.8 Å². The van der Waals surface area contributed by atoms with Gasteiger partial charge in [-0.05, 0) is 32.0 Å². The van der Waals surface area contributed by atoms with Crippen LogP contribution in [-0.4, -0.2) is 33.7 Å². The van der Waals surface area contributed by atoms with Crippen LogP contribution < -0.4 is 5.43 Å². The number of halogens is 3. The first-order valence-electron chi connectivity index (χ1n) is 7.64. The summed E-state index contributed by atoms with van der Waals surface area (Å²) in [6.45, 7) is 3.09. The maximum Gasteiger partial charge on any atom is 0.416 e. The summed E-state index contributed by atoms with van der Waals surface area (Å²) in [6.07, 6.45) is -4.53. The highest BCUT2D eigenvalue weighted by Gasteiger charge is 2.30. The molecule has 2 aromatic rings. The summed E-state index contributed by atoms with van der Waals surface area (Å²) >= 11 is 0. The van der Waals surface area contributed by atoms with Crippen molar-refractivity contribution in [1.82, 2.24) is 14.7 Å². The number of hydrogen-bond acceptors (Lipinski definition) is 4. The van der Waals surface area contributed by atoms with Crippen molar-refractivity contribution in [2.75, 3.05) is 13.1 Å². The van der Waals surface area contributed by atoms with Crippen LogP contribution in [0.1, 0.15) is 28.7 Å². The van der Waals surface area contributed by atoms with E-state index in [1.54, 1.807) is 6.92 Å². The van der Waals surface area contributed by atoms with Crippen molar-refractivity contribution in [3.05, 3.63) is 57.5 Å². The molecule has 0 aliphatic rings. The minimum Gasteiger partial charge on any atom is -0.324 e. The van der Waals surface area contributed by atoms with E-state index in [-0.39, 0.29) is 24.5 Å². The Morgan fingerprint density at radius 2 is 2.04 bits per heavy atom. The number of nitrogens with zero attached hydrogens (tertiary/aromatic N) is 4.